The van der Waals surface area contributed by atoms with Crippen molar-refractivity contribution in [2.24, 2.45) is 0 Å². The van der Waals surface area contributed by atoms with E-state index in [0.717, 1.165) is 19.3 Å². The van der Waals surface area contributed by atoms with Gasteiger partial charge in [0.05, 0.1) is 13.1 Å². The molecule has 0 aromatic rings. The maximum absolute atomic E-state index is 10.5. The van der Waals surface area contributed by atoms with E-state index in [9.17, 15) is 9.90 Å². The summed E-state index contributed by atoms with van der Waals surface area (Å²) in [5.41, 5.74) is 0. The van der Waals surface area contributed by atoms with E-state index in [0.29, 0.717) is 6.54 Å². The zero-order chi connectivity index (χ0) is 12.4. The topological polar surface area (TPSA) is 60.8 Å². The predicted octanol–water partition coefficient (Wildman–Crippen LogP) is 2.19. The molecule has 0 aliphatic carbocycles. The molecule has 0 aromatic carbocycles. The molecule has 0 aliphatic rings. The van der Waals surface area contributed by atoms with Gasteiger partial charge in [-0.3, -0.25) is 9.69 Å². The van der Waals surface area contributed by atoms with E-state index in [4.69, 9.17) is 5.11 Å². The lowest BCUT2D eigenvalue weighted by atomic mass is 10.2. The summed E-state index contributed by atoms with van der Waals surface area (Å²) in [6, 6.07) is 0. The average Bonchev–Trinajstić information content (AvgIpc) is 2.17. The smallest absolute Gasteiger partial charge is 0.317 e. The average molecular weight is 227 g/mol. The first-order valence-electron chi connectivity index (χ1n) is 5.53. The fraction of sp³-hybridized carbons (Fsp3) is 0.583. The number of unbranched alkanes of at least 4 members (excludes halogenated alkanes) is 2. The predicted molar refractivity (Wildman–Crippen MR) is 64.5 cm³/mol. The van der Waals surface area contributed by atoms with Crippen LogP contribution in [0.25, 0.3) is 0 Å². The van der Waals surface area contributed by atoms with Crippen molar-refractivity contribution in [3.8, 4) is 0 Å². The molecule has 0 unspecified atom stereocenters. The summed E-state index contributed by atoms with van der Waals surface area (Å²) >= 11 is 0. The second-order valence-corrected chi connectivity index (χ2v) is 3.69. The molecule has 0 rings (SSSR count). The van der Waals surface area contributed by atoms with E-state index in [1.165, 1.54) is 0 Å². The van der Waals surface area contributed by atoms with Crippen molar-refractivity contribution >= 4 is 5.97 Å². The fourth-order valence-electron chi connectivity index (χ4n) is 1.33. The maximum Gasteiger partial charge on any atom is 0.317 e. The highest BCUT2D eigenvalue weighted by Gasteiger charge is 2.09. The van der Waals surface area contributed by atoms with E-state index in [-0.39, 0.29) is 18.8 Å². The minimum atomic E-state index is -0.900. The molecular weight excluding hydrogens is 206 g/mol. The molecule has 0 spiro atoms. The molecule has 0 saturated carbocycles. The van der Waals surface area contributed by atoms with Crippen molar-refractivity contribution in [3.05, 3.63) is 24.5 Å². The van der Waals surface area contributed by atoms with Crippen molar-refractivity contribution in [1.82, 2.24) is 4.90 Å². The third-order valence-electron chi connectivity index (χ3n) is 2.07. The molecule has 2 N–H and O–H groups in total. The molecule has 4 heteroatoms. The highest BCUT2D eigenvalue weighted by molar-refractivity contribution is 5.69. The standard InChI is InChI=1S/C12H21NO3/c1-3-5-6-7-11(14)9-13(8-4-2)10-12(15)16/h4,7,14H,2-3,5-6,8-10H2,1H3,(H,15,16). The zero-order valence-corrected chi connectivity index (χ0v) is 9.85. The number of aliphatic hydroxyl groups excluding tert-OH is 1. The van der Waals surface area contributed by atoms with Gasteiger partial charge in [-0.05, 0) is 18.9 Å². The number of nitrogens with zero attached hydrogens (tertiary/aromatic N) is 1. The highest BCUT2D eigenvalue weighted by atomic mass is 16.4. The molecule has 0 radical (unpaired) electrons. The van der Waals surface area contributed by atoms with Crippen molar-refractivity contribution in [2.75, 3.05) is 19.6 Å². The number of aliphatic carboxylic acids is 1. The van der Waals surface area contributed by atoms with Gasteiger partial charge in [-0.1, -0.05) is 19.4 Å². The summed E-state index contributed by atoms with van der Waals surface area (Å²) in [7, 11) is 0. The monoisotopic (exact) mass is 227 g/mol. The molecular formula is C12H21NO3. The summed E-state index contributed by atoms with van der Waals surface area (Å²) < 4.78 is 0. The van der Waals surface area contributed by atoms with Crippen LogP contribution in [0.5, 0.6) is 0 Å². The van der Waals surface area contributed by atoms with Gasteiger partial charge in [0, 0.05) is 6.54 Å². The van der Waals surface area contributed by atoms with Gasteiger partial charge in [-0.25, -0.2) is 0 Å². The number of hydrogen-bond donors (Lipinski definition) is 2. The van der Waals surface area contributed by atoms with Crippen LogP contribution < -0.4 is 0 Å². The Morgan fingerprint density at radius 2 is 2.06 bits per heavy atom. The van der Waals surface area contributed by atoms with E-state index in [1.807, 2.05) is 0 Å². The van der Waals surface area contributed by atoms with Crippen LogP contribution >= 0.6 is 0 Å². The van der Waals surface area contributed by atoms with Crippen LogP contribution in [0.3, 0.4) is 0 Å². The van der Waals surface area contributed by atoms with Crippen molar-refractivity contribution in [1.29, 1.82) is 0 Å². The van der Waals surface area contributed by atoms with Gasteiger partial charge in [0.15, 0.2) is 0 Å². The van der Waals surface area contributed by atoms with Crippen LogP contribution in [-0.4, -0.2) is 40.7 Å². The molecule has 0 heterocycles. The van der Waals surface area contributed by atoms with Gasteiger partial charge < -0.3 is 10.2 Å². The van der Waals surface area contributed by atoms with Crippen LogP contribution in [0.4, 0.5) is 0 Å². The Morgan fingerprint density at radius 1 is 1.38 bits per heavy atom. The summed E-state index contributed by atoms with van der Waals surface area (Å²) in [5.74, 6) is -0.667. The van der Waals surface area contributed by atoms with Crippen molar-refractivity contribution < 1.29 is 15.0 Å². The van der Waals surface area contributed by atoms with Gasteiger partial charge in [-0.2, -0.15) is 0 Å². The zero-order valence-electron chi connectivity index (χ0n) is 9.85. The van der Waals surface area contributed by atoms with Crippen LogP contribution in [0.1, 0.15) is 26.2 Å². The Balaban J connectivity index is 4.10. The quantitative estimate of drug-likeness (QED) is 0.360. The number of carbonyl (C=O) groups is 1. The van der Waals surface area contributed by atoms with Crippen molar-refractivity contribution in [2.45, 2.75) is 26.2 Å². The lowest BCUT2D eigenvalue weighted by Crippen LogP contribution is -2.31. The number of hydrogen-bond acceptors (Lipinski definition) is 3. The molecule has 0 aromatic heterocycles. The fourth-order valence-corrected chi connectivity index (χ4v) is 1.33. The first-order valence-corrected chi connectivity index (χ1v) is 5.53. The van der Waals surface area contributed by atoms with E-state index < -0.39 is 5.97 Å². The summed E-state index contributed by atoms with van der Waals surface area (Å²) in [5, 5.41) is 18.2. The van der Waals surface area contributed by atoms with Gasteiger partial charge in [-0.15, -0.1) is 6.58 Å². The largest absolute Gasteiger partial charge is 0.511 e. The number of carboxylic acid groups (broad SMARTS) is 1. The molecule has 0 aliphatic heterocycles. The number of aliphatic hydroxyl groups is 1. The Morgan fingerprint density at radius 3 is 2.56 bits per heavy atom. The number of rotatable bonds is 9. The Bertz CT molecular complexity index is 249. The maximum atomic E-state index is 10.5. The summed E-state index contributed by atoms with van der Waals surface area (Å²) in [4.78, 5) is 12.2. The number of allylic oxidation sites excluding steroid dienone is 1. The SMILES string of the molecule is C=CCN(CC(=O)O)CC(O)=CCCCC. The number of carboxylic acids is 1. The van der Waals surface area contributed by atoms with Crippen LogP contribution in [0.15, 0.2) is 24.5 Å². The second kappa shape index (κ2) is 8.97. The highest BCUT2D eigenvalue weighted by Crippen LogP contribution is 2.01. The third kappa shape index (κ3) is 8.05. The van der Waals surface area contributed by atoms with Gasteiger partial charge >= 0.3 is 5.97 Å². The Hall–Kier alpha value is -1.29. The summed E-state index contributed by atoms with van der Waals surface area (Å²) in [6.07, 6.45) is 6.32. The lowest BCUT2D eigenvalue weighted by molar-refractivity contribution is -0.138. The van der Waals surface area contributed by atoms with Crippen LogP contribution in [0, 0.1) is 0 Å². The van der Waals surface area contributed by atoms with E-state index >= 15 is 0 Å². The minimum absolute atomic E-state index is 0.0856. The van der Waals surface area contributed by atoms with Gasteiger partial charge in [0.1, 0.15) is 5.76 Å². The first-order chi connectivity index (χ1) is 7.60. The van der Waals surface area contributed by atoms with Crippen molar-refractivity contribution in [3.63, 3.8) is 0 Å². The molecule has 0 amide bonds. The normalized spacial score (nSPS) is 11.8. The van der Waals surface area contributed by atoms with Gasteiger partial charge in [0.25, 0.3) is 0 Å². The van der Waals surface area contributed by atoms with Crippen LogP contribution in [-0.2, 0) is 4.79 Å². The minimum Gasteiger partial charge on any atom is -0.511 e. The molecule has 0 bridgehead atoms. The summed E-state index contributed by atoms with van der Waals surface area (Å²) in [6.45, 7) is 6.27. The van der Waals surface area contributed by atoms with Crippen LogP contribution in [0.2, 0.25) is 0 Å². The molecule has 4 nitrogen and oxygen atoms in total. The third-order valence-corrected chi connectivity index (χ3v) is 2.07. The molecule has 16 heavy (non-hydrogen) atoms. The molecule has 92 valence electrons. The second-order valence-electron chi connectivity index (χ2n) is 3.69. The lowest BCUT2D eigenvalue weighted by Gasteiger charge is -2.17. The Labute approximate surface area is 96.9 Å². The first kappa shape index (κ1) is 14.7. The van der Waals surface area contributed by atoms with E-state index in [2.05, 4.69) is 13.5 Å². The Kier molecular flexibility index (Phi) is 8.25. The molecule has 0 saturated heterocycles. The van der Waals surface area contributed by atoms with E-state index in [1.54, 1.807) is 17.1 Å². The van der Waals surface area contributed by atoms with Gasteiger partial charge in [0.2, 0.25) is 0 Å². The molecule has 0 atom stereocenters. The molecule has 0 fully saturated rings.